The molecule has 25 heavy (non-hydrogen) atoms. The average Bonchev–Trinajstić information content (AvgIpc) is 2.81. The second-order valence-electron chi connectivity index (χ2n) is 5.50. The highest BCUT2D eigenvalue weighted by molar-refractivity contribution is 14.1. The Kier molecular flexibility index (Phi) is 5.32. The largest absolute Gasteiger partial charge is 0.506 e. The van der Waals surface area contributed by atoms with Crippen LogP contribution in [0.3, 0.4) is 0 Å². The molecule has 3 rings (SSSR count). The Labute approximate surface area is 172 Å². The van der Waals surface area contributed by atoms with E-state index in [1.54, 1.807) is 15.6 Å². The van der Waals surface area contributed by atoms with E-state index in [0.29, 0.717) is 5.69 Å². The fraction of sp³-hybridized carbons (Fsp3) is 0.111. The molecular weight excluding hydrogens is 544 g/mol. The van der Waals surface area contributed by atoms with Crippen molar-refractivity contribution in [1.29, 1.82) is 0 Å². The average molecular weight is 559 g/mol. The quantitative estimate of drug-likeness (QED) is 0.388. The Hall–Kier alpha value is -1.62. The van der Waals surface area contributed by atoms with E-state index in [0.717, 1.165) is 24.1 Å². The molecule has 3 aromatic rings. The molecule has 0 aliphatic heterocycles. The molecule has 7 heteroatoms. The summed E-state index contributed by atoms with van der Waals surface area (Å²) in [5.41, 5.74) is 2.66. The molecule has 0 aliphatic carbocycles. The normalized spacial score (nSPS) is 11.4. The first-order valence-electron chi connectivity index (χ1n) is 7.46. The lowest BCUT2D eigenvalue weighted by Gasteiger charge is -2.07. The zero-order valence-electron chi connectivity index (χ0n) is 13.6. The van der Waals surface area contributed by atoms with Crippen molar-refractivity contribution in [1.82, 2.24) is 9.36 Å². The van der Waals surface area contributed by atoms with Gasteiger partial charge in [-0.1, -0.05) is 18.2 Å². The van der Waals surface area contributed by atoms with Gasteiger partial charge in [0.05, 0.1) is 18.5 Å². The summed E-state index contributed by atoms with van der Waals surface area (Å²) in [6, 6.07) is 13.1. The molecule has 128 valence electrons. The van der Waals surface area contributed by atoms with Gasteiger partial charge in [0.2, 0.25) is 0 Å². The maximum Gasteiger partial charge on any atom is 0.297 e. The van der Waals surface area contributed by atoms with Gasteiger partial charge in [0, 0.05) is 13.3 Å². The van der Waals surface area contributed by atoms with Crippen molar-refractivity contribution in [2.24, 2.45) is 12.0 Å². The third kappa shape index (κ3) is 3.52. The van der Waals surface area contributed by atoms with Crippen LogP contribution in [-0.4, -0.2) is 20.7 Å². The standard InChI is InChI=1S/C18H15I2N3O2/c1-11-16(21-10-12-8-14(19)17(24)15(20)9-12)18(25)23(22(11)2)13-6-4-3-5-7-13/h3-10,24H,1-2H3. The summed E-state index contributed by atoms with van der Waals surface area (Å²) in [5.74, 6) is 0.265. The van der Waals surface area contributed by atoms with Crippen LogP contribution in [0.4, 0.5) is 5.69 Å². The van der Waals surface area contributed by atoms with Gasteiger partial charge in [0.15, 0.2) is 5.69 Å². The highest BCUT2D eigenvalue weighted by atomic mass is 127. The van der Waals surface area contributed by atoms with E-state index in [-0.39, 0.29) is 11.3 Å². The molecule has 5 nitrogen and oxygen atoms in total. The summed E-state index contributed by atoms with van der Waals surface area (Å²) in [6.45, 7) is 1.87. The van der Waals surface area contributed by atoms with Gasteiger partial charge < -0.3 is 5.11 Å². The smallest absolute Gasteiger partial charge is 0.297 e. The Morgan fingerprint density at radius 3 is 2.32 bits per heavy atom. The van der Waals surface area contributed by atoms with E-state index < -0.39 is 0 Å². The molecule has 0 bridgehead atoms. The van der Waals surface area contributed by atoms with Gasteiger partial charge >= 0.3 is 0 Å². The number of phenols is 1. The molecule has 0 amide bonds. The minimum atomic E-state index is -0.161. The monoisotopic (exact) mass is 559 g/mol. The van der Waals surface area contributed by atoms with Crippen LogP contribution >= 0.6 is 45.2 Å². The van der Waals surface area contributed by atoms with Crippen molar-refractivity contribution in [2.75, 3.05) is 0 Å². The molecule has 2 aromatic carbocycles. The Balaban J connectivity index is 2.06. The molecule has 0 radical (unpaired) electrons. The molecule has 0 unspecified atom stereocenters. The van der Waals surface area contributed by atoms with Crippen LogP contribution < -0.4 is 5.56 Å². The number of benzene rings is 2. The summed E-state index contributed by atoms with van der Waals surface area (Å²) >= 11 is 4.15. The lowest BCUT2D eigenvalue weighted by atomic mass is 10.2. The van der Waals surface area contributed by atoms with Crippen molar-refractivity contribution < 1.29 is 5.11 Å². The Morgan fingerprint density at radius 1 is 1.12 bits per heavy atom. The topological polar surface area (TPSA) is 59.5 Å². The molecule has 0 atom stereocenters. The SMILES string of the molecule is Cc1c(N=Cc2cc(I)c(O)c(I)c2)c(=O)n(-c2ccccc2)n1C. The third-order valence-electron chi connectivity index (χ3n) is 3.91. The van der Waals surface area contributed by atoms with E-state index in [2.05, 4.69) is 50.2 Å². The summed E-state index contributed by atoms with van der Waals surface area (Å²) in [7, 11) is 1.84. The minimum Gasteiger partial charge on any atom is -0.506 e. The molecule has 1 aromatic heterocycles. The van der Waals surface area contributed by atoms with Crippen LogP contribution in [0.25, 0.3) is 5.69 Å². The van der Waals surface area contributed by atoms with Gasteiger partial charge in [-0.3, -0.25) is 9.48 Å². The molecule has 1 heterocycles. The molecule has 1 N–H and O–H groups in total. The highest BCUT2D eigenvalue weighted by Crippen LogP contribution is 2.27. The zero-order chi connectivity index (χ0) is 18.1. The number of aromatic hydroxyl groups is 1. The summed E-state index contributed by atoms with van der Waals surface area (Å²) in [5, 5.41) is 9.85. The zero-order valence-corrected chi connectivity index (χ0v) is 17.9. The second kappa shape index (κ2) is 7.32. The van der Waals surface area contributed by atoms with Gasteiger partial charge in [-0.25, -0.2) is 9.67 Å². The maximum atomic E-state index is 12.8. The fourth-order valence-electron chi connectivity index (χ4n) is 2.50. The number of aromatic nitrogens is 2. The number of aliphatic imine (C=N–C) groups is 1. The minimum absolute atomic E-state index is 0.161. The first kappa shape index (κ1) is 18.2. The van der Waals surface area contributed by atoms with Crippen molar-refractivity contribution in [3.8, 4) is 11.4 Å². The number of rotatable bonds is 3. The van der Waals surface area contributed by atoms with Gasteiger partial charge in [0.1, 0.15) is 5.75 Å². The highest BCUT2D eigenvalue weighted by Gasteiger charge is 2.15. The van der Waals surface area contributed by atoms with Crippen molar-refractivity contribution in [3.05, 3.63) is 71.2 Å². The van der Waals surface area contributed by atoms with Crippen molar-refractivity contribution >= 4 is 57.1 Å². The van der Waals surface area contributed by atoms with E-state index in [1.165, 1.54) is 0 Å². The summed E-state index contributed by atoms with van der Waals surface area (Å²) < 4.78 is 4.90. The van der Waals surface area contributed by atoms with Gasteiger partial charge in [-0.15, -0.1) is 0 Å². The number of hydrogen-bond acceptors (Lipinski definition) is 3. The molecular formula is C18H15I2N3O2. The first-order chi connectivity index (χ1) is 11.9. The van der Waals surface area contributed by atoms with Crippen LogP contribution in [0.1, 0.15) is 11.3 Å². The Bertz CT molecular complexity index is 998. The van der Waals surface area contributed by atoms with Crippen LogP contribution in [0.2, 0.25) is 0 Å². The van der Waals surface area contributed by atoms with Crippen LogP contribution in [0, 0.1) is 14.1 Å². The van der Waals surface area contributed by atoms with Gasteiger partial charge in [-0.2, -0.15) is 0 Å². The lowest BCUT2D eigenvalue weighted by Crippen LogP contribution is -2.19. The molecule has 0 aliphatic rings. The number of halogens is 2. The van der Waals surface area contributed by atoms with Gasteiger partial charge in [-0.05, 0) is 81.9 Å². The Morgan fingerprint density at radius 2 is 1.72 bits per heavy atom. The van der Waals surface area contributed by atoms with Crippen LogP contribution in [0.15, 0.2) is 52.3 Å². The number of phenolic OH excluding ortho intramolecular Hbond substituents is 1. The molecule has 0 saturated heterocycles. The maximum absolute atomic E-state index is 12.8. The van der Waals surface area contributed by atoms with E-state index in [1.807, 2.05) is 56.4 Å². The third-order valence-corrected chi connectivity index (χ3v) is 5.55. The lowest BCUT2D eigenvalue weighted by molar-refractivity contribution is 0.467. The molecule has 0 saturated carbocycles. The summed E-state index contributed by atoms with van der Waals surface area (Å²) in [6.07, 6.45) is 1.66. The first-order valence-corrected chi connectivity index (χ1v) is 9.62. The predicted molar refractivity (Wildman–Crippen MR) is 117 cm³/mol. The van der Waals surface area contributed by atoms with Crippen molar-refractivity contribution in [2.45, 2.75) is 6.92 Å². The van der Waals surface area contributed by atoms with E-state index in [4.69, 9.17) is 0 Å². The second-order valence-corrected chi connectivity index (χ2v) is 7.83. The number of para-hydroxylation sites is 1. The summed E-state index contributed by atoms with van der Waals surface area (Å²) in [4.78, 5) is 17.2. The predicted octanol–water partition coefficient (Wildman–Crippen LogP) is 4.15. The fourth-order valence-corrected chi connectivity index (χ4v) is 4.32. The van der Waals surface area contributed by atoms with E-state index in [9.17, 15) is 9.90 Å². The van der Waals surface area contributed by atoms with E-state index >= 15 is 0 Å². The molecule has 0 fully saturated rings. The molecule has 0 spiro atoms. The number of hydrogen-bond donors (Lipinski definition) is 1. The van der Waals surface area contributed by atoms with Crippen molar-refractivity contribution in [3.63, 3.8) is 0 Å². The van der Waals surface area contributed by atoms with Crippen LogP contribution in [0.5, 0.6) is 5.75 Å². The van der Waals surface area contributed by atoms with Gasteiger partial charge in [0.25, 0.3) is 5.56 Å². The number of nitrogens with zero attached hydrogens (tertiary/aromatic N) is 3. The van der Waals surface area contributed by atoms with Crippen LogP contribution in [-0.2, 0) is 7.05 Å².